The first-order valence-electron chi connectivity index (χ1n) is 6.10. The molecule has 0 aliphatic rings. The normalized spacial score (nSPS) is 11.4. The molecule has 0 bridgehead atoms. The van der Waals surface area contributed by atoms with Crippen molar-refractivity contribution in [2.75, 3.05) is 11.9 Å². The lowest BCUT2D eigenvalue weighted by atomic mass is 10.0. The van der Waals surface area contributed by atoms with Gasteiger partial charge in [0, 0.05) is 6.54 Å². The summed E-state index contributed by atoms with van der Waals surface area (Å²) >= 11 is 1.72. The minimum Gasteiger partial charge on any atom is -0.370 e. The van der Waals surface area contributed by atoms with Gasteiger partial charge in [0.2, 0.25) is 0 Å². The predicted octanol–water partition coefficient (Wildman–Crippen LogP) is 3.63. The van der Waals surface area contributed by atoms with Crippen molar-refractivity contribution in [3.63, 3.8) is 0 Å². The van der Waals surface area contributed by atoms with E-state index in [-0.39, 0.29) is 0 Å². The van der Waals surface area contributed by atoms with E-state index in [2.05, 4.69) is 41.4 Å². The first kappa shape index (κ1) is 12.3. The van der Waals surface area contributed by atoms with Gasteiger partial charge in [-0.2, -0.15) is 0 Å². The highest BCUT2D eigenvalue weighted by atomic mass is 32.1. The van der Waals surface area contributed by atoms with Gasteiger partial charge in [-0.25, -0.2) is 9.97 Å². The van der Waals surface area contributed by atoms with Gasteiger partial charge >= 0.3 is 0 Å². The van der Waals surface area contributed by atoms with Crippen LogP contribution < -0.4 is 5.32 Å². The van der Waals surface area contributed by atoms with E-state index in [0.717, 1.165) is 29.4 Å². The van der Waals surface area contributed by atoms with E-state index in [9.17, 15) is 0 Å². The second-order valence-corrected chi connectivity index (χ2v) is 5.55. The number of anilines is 1. The smallest absolute Gasteiger partial charge is 0.138 e. The molecule has 2 aromatic rings. The third-order valence-electron chi connectivity index (χ3n) is 2.59. The summed E-state index contributed by atoms with van der Waals surface area (Å²) in [7, 11) is 0. The van der Waals surface area contributed by atoms with E-state index in [1.807, 2.05) is 6.92 Å². The largest absolute Gasteiger partial charge is 0.370 e. The van der Waals surface area contributed by atoms with Crippen molar-refractivity contribution in [3.8, 4) is 0 Å². The maximum atomic E-state index is 4.52. The van der Waals surface area contributed by atoms with Crippen molar-refractivity contribution >= 4 is 27.4 Å². The number of aromatic nitrogens is 2. The van der Waals surface area contributed by atoms with Gasteiger partial charge in [0.25, 0.3) is 0 Å². The molecule has 1 N–H and O–H groups in total. The number of fused-ring (bicyclic) bond motifs is 1. The van der Waals surface area contributed by atoms with Gasteiger partial charge < -0.3 is 5.32 Å². The molecule has 0 radical (unpaired) electrons. The molecule has 0 aliphatic heterocycles. The quantitative estimate of drug-likeness (QED) is 0.899. The lowest BCUT2D eigenvalue weighted by molar-refractivity contribution is 0.651. The van der Waals surface area contributed by atoms with Crippen LogP contribution in [0.15, 0.2) is 5.38 Å². The molecule has 0 aliphatic carbocycles. The van der Waals surface area contributed by atoms with Crippen LogP contribution in [0.4, 0.5) is 5.82 Å². The van der Waals surface area contributed by atoms with Crippen molar-refractivity contribution in [1.29, 1.82) is 0 Å². The standard InChI is InChI=1S/C13H19N3S/c1-5-14-12-11-10(6-8(2)3)7-17-13(11)16-9(4)15-12/h7-8H,5-6H2,1-4H3,(H,14,15,16). The third kappa shape index (κ3) is 2.57. The fourth-order valence-electron chi connectivity index (χ4n) is 1.99. The van der Waals surface area contributed by atoms with Crippen LogP contribution in [0.2, 0.25) is 0 Å². The van der Waals surface area contributed by atoms with Crippen LogP contribution >= 0.6 is 11.3 Å². The zero-order valence-corrected chi connectivity index (χ0v) is 11.7. The summed E-state index contributed by atoms with van der Waals surface area (Å²) in [6, 6.07) is 0. The number of thiophene rings is 1. The molecule has 3 nitrogen and oxygen atoms in total. The number of hydrogen-bond acceptors (Lipinski definition) is 4. The van der Waals surface area contributed by atoms with Crippen molar-refractivity contribution in [2.24, 2.45) is 5.92 Å². The van der Waals surface area contributed by atoms with E-state index >= 15 is 0 Å². The van der Waals surface area contributed by atoms with Gasteiger partial charge in [-0.15, -0.1) is 11.3 Å². The van der Waals surface area contributed by atoms with Crippen LogP contribution in [0, 0.1) is 12.8 Å². The Hall–Kier alpha value is -1.16. The van der Waals surface area contributed by atoms with E-state index in [0.29, 0.717) is 5.92 Å². The van der Waals surface area contributed by atoms with Gasteiger partial charge in [-0.1, -0.05) is 13.8 Å². The molecule has 92 valence electrons. The SMILES string of the molecule is CCNc1nc(C)nc2scc(CC(C)C)c12. The number of rotatable bonds is 4. The monoisotopic (exact) mass is 249 g/mol. The second-order valence-electron chi connectivity index (χ2n) is 4.69. The average molecular weight is 249 g/mol. The average Bonchev–Trinajstić information content (AvgIpc) is 2.60. The summed E-state index contributed by atoms with van der Waals surface area (Å²) in [5.41, 5.74) is 1.37. The lowest BCUT2D eigenvalue weighted by Gasteiger charge is -2.08. The Morgan fingerprint density at radius 3 is 2.76 bits per heavy atom. The Morgan fingerprint density at radius 1 is 1.35 bits per heavy atom. The highest BCUT2D eigenvalue weighted by Crippen LogP contribution is 2.31. The van der Waals surface area contributed by atoms with Crippen LogP contribution in [0.5, 0.6) is 0 Å². The number of nitrogens with zero attached hydrogens (tertiary/aromatic N) is 2. The fraction of sp³-hybridized carbons (Fsp3) is 0.538. The molecular formula is C13H19N3S. The molecule has 2 rings (SSSR count). The molecule has 0 amide bonds. The van der Waals surface area contributed by atoms with Gasteiger partial charge in [-0.05, 0) is 37.1 Å². The number of nitrogens with one attached hydrogen (secondary N) is 1. The van der Waals surface area contributed by atoms with Crippen LogP contribution in [0.3, 0.4) is 0 Å². The molecule has 0 atom stereocenters. The van der Waals surface area contributed by atoms with Gasteiger partial charge in [0.15, 0.2) is 0 Å². The van der Waals surface area contributed by atoms with Crippen LogP contribution in [-0.4, -0.2) is 16.5 Å². The molecule has 2 aromatic heterocycles. The summed E-state index contributed by atoms with van der Waals surface area (Å²) in [6.07, 6.45) is 1.09. The van der Waals surface area contributed by atoms with Gasteiger partial charge in [0.1, 0.15) is 16.5 Å². The van der Waals surface area contributed by atoms with Crippen LogP contribution in [0.25, 0.3) is 10.2 Å². The van der Waals surface area contributed by atoms with Gasteiger partial charge in [0.05, 0.1) is 5.39 Å². The first-order chi connectivity index (χ1) is 8.11. The zero-order chi connectivity index (χ0) is 12.4. The molecule has 0 saturated heterocycles. The van der Waals surface area contributed by atoms with Crippen LogP contribution in [-0.2, 0) is 6.42 Å². The Bertz CT molecular complexity index is 517. The molecule has 0 aromatic carbocycles. The van der Waals surface area contributed by atoms with Crippen molar-refractivity contribution in [1.82, 2.24) is 9.97 Å². The highest BCUT2D eigenvalue weighted by molar-refractivity contribution is 7.17. The van der Waals surface area contributed by atoms with E-state index in [1.165, 1.54) is 10.9 Å². The number of hydrogen-bond donors (Lipinski definition) is 1. The minimum atomic E-state index is 0.656. The molecular weight excluding hydrogens is 230 g/mol. The first-order valence-corrected chi connectivity index (χ1v) is 6.98. The molecule has 4 heteroatoms. The van der Waals surface area contributed by atoms with E-state index in [4.69, 9.17) is 0 Å². The third-order valence-corrected chi connectivity index (χ3v) is 3.51. The fourth-order valence-corrected chi connectivity index (χ4v) is 2.99. The van der Waals surface area contributed by atoms with Gasteiger partial charge in [-0.3, -0.25) is 0 Å². The maximum absolute atomic E-state index is 4.52. The summed E-state index contributed by atoms with van der Waals surface area (Å²) in [6.45, 7) is 9.42. The molecule has 0 spiro atoms. The molecule has 2 heterocycles. The van der Waals surface area contributed by atoms with Crippen LogP contribution in [0.1, 0.15) is 32.2 Å². The minimum absolute atomic E-state index is 0.656. The Balaban J connectivity index is 2.55. The van der Waals surface area contributed by atoms with Crippen molar-refractivity contribution < 1.29 is 0 Å². The van der Waals surface area contributed by atoms with Crippen molar-refractivity contribution in [3.05, 3.63) is 16.8 Å². The summed E-state index contributed by atoms with van der Waals surface area (Å²) in [4.78, 5) is 10.1. The molecule has 0 saturated carbocycles. The zero-order valence-electron chi connectivity index (χ0n) is 10.9. The second kappa shape index (κ2) is 5.00. The number of aryl methyl sites for hydroxylation is 1. The lowest BCUT2D eigenvalue weighted by Crippen LogP contribution is -2.03. The van der Waals surface area contributed by atoms with E-state index in [1.54, 1.807) is 11.3 Å². The Labute approximate surface area is 106 Å². The maximum Gasteiger partial charge on any atom is 0.138 e. The summed E-state index contributed by atoms with van der Waals surface area (Å²) in [5.74, 6) is 2.49. The van der Waals surface area contributed by atoms with E-state index < -0.39 is 0 Å². The topological polar surface area (TPSA) is 37.8 Å². The van der Waals surface area contributed by atoms with Crippen molar-refractivity contribution in [2.45, 2.75) is 34.1 Å². The Morgan fingerprint density at radius 2 is 2.12 bits per heavy atom. The molecule has 17 heavy (non-hydrogen) atoms. The Kier molecular flexibility index (Phi) is 3.62. The molecule has 0 unspecified atom stereocenters. The molecule has 0 fully saturated rings. The highest BCUT2D eigenvalue weighted by Gasteiger charge is 2.13. The summed E-state index contributed by atoms with van der Waals surface area (Å²) < 4.78 is 0. The summed E-state index contributed by atoms with van der Waals surface area (Å²) in [5, 5.41) is 6.79. The predicted molar refractivity (Wildman–Crippen MR) is 74.9 cm³/mol.